The molecule has 29 heavy (non-hydrogen) atoms. The number of carbonyl (C=O) groups excluding carboxylic acids is 1. The predicted octanol–water partition coefficient (Wildman–Crippen LogP) is 4.73. The maximum atomic E-state index is 12.3. The van der Waals surface area contributed by atoms with Crippen molar-refractivity contribution >= 4 is 34.0 Å². The first-order valence-corrected chi connectivity index (χ1v) is 9.78. The number of rotatable bonds is 6. The number of ether oxygens (including phenoxy) is 2. The van der Waals surface area contributed by atoms with Gasteiger partial charge in [-0.05, 0) is 30.3 Å². The van der Waals surface area contributed by atoms with Crippen LogP contribution in [0, 0.1) is 0 Å². The lowest BCUT2D eigenvalue weighted by Crippen LogP contribution is -2.07. The van der Waals surface area contributed by atoms with E-state index >= 15 is 0 Å². The normalized spacial score (nSPS) is 11.1. The molecule has 0 aliphatic rings. The number of amides is 1. The first-order chi connectivity index (χ1) is 14.2. The molecule has 0 radical (unpaired) electrons. The van der Waals surface area contributed by atoms with Gasteiger partial charge in [-0.3, -0.25) is 9.20 Å². The smallest absolute Gasteiger partial charge is 0.248 e. The van der Waals surface area contributed by atoms with Gasteiger partial charge in [0.1, 0.15) is 11.5 Å². The molecular formula is C22H19N3O3S. The molecular weight excluding hydrogens is 386 g/mol. The van der Waals surface area contributed by atoms with Crippen molar-refractivity contribution < 1.29 is 14.3 Å². The van der Waals surface area contributed by atoms with Crippen molar-refractivity contribution in [3.63, 3.8) is 0 Å². The van der Waals surface area contributed by atoms with Gasteiger partial charge in [-0.25, -0.2) is 4.98 Å². The van der Waals surface area contributed by atoms with Crippen LogP contribution < -0.4 is 14.8 Å². The molecule has 2 aromatic carbocycles. The molecule has 4 aromatic rings. The number of fused-ring (bicyclic) bond motifs is 1. The van der Waals surface area contributed by atoms with Crippen LogP contribution in [0.15, 0.2) is 66.3 Å². The molecule has 0 bridgehead atoms. The van der Waals surface area contributed by atoms with E-state index < -0.39 is 0 Å². The van der Waals surface area contributed by atoms with Crippen LogP contribution in [0.3, 0.4) is 0 Å². The highest BCUT2D eigenvalue weighted by molar-refractivity contribution is 7.15. The third kappa shape index (κ3) is 4.14. The lowest BCUT2D eigenvalue weighted by Gasteiger charge is -2.07. The van der Waals surface area contributed by atoms with Crippen molar-refractivity contribution in [3.8, 4) is 22.8 Å². The number of thiazole rings is 1. The molecule has 6 nitrogen and oxygen atoms in total. The number of hydrogen-bond acceptors (Lipinski definition) is 5. The average molecular weight is 405 g/mol. The molecule has 4 rings (SSSR count). The minimum atomic E-state index is -0.224. The third-order valence-corrected chi connectivity index (χ3v) is 5.17. The molecule has 0 spiro atoms. The molecule has 0 fully saturated rings. The van der Waals surface area contributed by atoms with E-state index in [1.165, 1.54) is 6.08 Å². The van der Waals surface area contributed by atoms with Gasteiger partial charge in [0, 0.05) is 46.7 Å². The number of benzene rings is 2. The summed E-state index contributed by atoms with van der Waals surface area (Å²) < 4.78 is 12.5. The summed E-state index contributed by atoms with van der Waals surface area (Å²) in [6.07, 6.45) is 7.15. The fourth-order valence-corrected chi connectivity index (χ4v) is 3.60. The number of anilines is 1. The average Bonchev–Trinajstić information content (AvgIpc) is 3.35. The summed E-state index contributed by atoms with van der Waals surface area (Å²) in [6, 6.07) is 13.0. The van der Waals surface area contributed by atoms with Gasteiger partial charge in [-0.15, -0.1) is 11.3 Å². The second kappa shape index (κ2) is 8.20. The quantitative estimate of drug-likeness (QED) is 0.471. The Morgan fingerprint density at radius 2 is 1.97 bits per heavy atom. The van der Waals surface area contributed by atoms with Crippen LogP contribution in [-0.4, -0.2) is 29.5 Å². The molecule has 0 unspecified atom stereocenters. The lowest BCUT2D eigenvalue weighted by molar-refractivity contribution is -0.111. The zero-order valence-corrected chi connectivity index (χ0v) is 16.8. The number of nitrogens with zero attached hydrogens (tertiary/aromatic N) is 2. The Labute approximate surface area is 172 Å². The predicted molar refractivity (Wildman–Crippen MR) is 116 cm³/mol. The van der Waals surface area contributed by atoms with Gasteiger partial charge in [0.2, 0.25) is 5.91 Å². The molecule has 2 aromatic heterocycles. The standard InChI is InChI=1S/C22H19N3O3S/c1-27-18-9-5-16(20(13-18)28-2)6-10-21(26)23-17-7-3-15(4-8-17)19-14-25-11-12-29-22(25)24-19/h3-14H,1-2H3,(H,23,26)/b10-6+. The Morgan fingerprint density at radius 1 is 1.14 bits per heavy atom. The second-order valence-corrected chi connectivity index (χ2v) is 7.10. The zero-order chi connectivity index (χ0) is 20.2. The highest BCUT2D eigenvalue weighted by Crippen LogP contribution is 2.26. The molecule has 2 heterocycles. The minimum absolute atomic E-state index is 0.224. The Hall–Kier alpha value is -3.58. The van der Waals surface area contributed by atoms with E-state index in [0.717, 1.165) is 21.8 Å². The summed E-state index contributed by atoms with van der Waals surface area (Å²) in [6.45, 7) is 0. The van der Waals surface area contributed by atoms with E-state index in [2.05, 4.69) is 10.3 Å². The van der Waals surface area contributed by atoms with Crippen LogP contribution in [0.25, 0.3) is 22.3 Å². The lowest BCUT2D eigenvalue weighted by atomic mass is 10.1. The van der Waals surface area contributed by atoms with E-state index in [1.807, 2.05) is 58.6 Å². The van der Waals surface area contributed by atoms with Crippen LogP contribution >= 0.6 is 11.3 Å². The SMILES string of the molecule is COc1ccc(/C=C/C(=O)Nc2ccc(-c3cn4ccsc4n3)cc2)c(OC)c1. The van der Waals surface area contributed by atoms with Crippen LogP contribution in [0.4, 0.5) is 5.69 Å². The Kier molecular flexibility index (Phi) is 5.31. The Bertz CT molecular complexity index is 1150. The maximum Gasteiger partial charge on any atom is 0.248 e. The summed E-state index contributed by atoms with van der Waals surface area (Å²) >= 11 is 1.59. The van der Waals surface area contributed by atoms with Gasteiger partial charge < -0.3 is 14.8 Å². The summed E-state index contributed by atoms with van der Waals surface area (Å²) in [5.74, 6) is 1.11. The molecule has 146 valence electrons. The first kappa shape index (κ1) is 18.8. The van der Waals surface area contributed by atoms with Crippen molar-refractivity contribution in [2.45, 2.75) is 0 Å². The van der Waals surface area contributed by atoms with Gasteiger partial charge in [0.15, 0.2) is 4.96 Å². The van der Waals surface area contributed by atoms with Gasteiger partial charge in [0.05, 0.1) is 19.9 Å². The fourth-order valence-electron chi connectivity index (χ4n) is 2.90. The summed E-state index contributed by atoms with van der Waals surface area (Å²) in [5, 5.41) is 4.86. The Balaban J connectivity index is 1.43. The molecule has 1 amide bonds. The molecule has 0 aliphatic carbocycles. The Morgan fingerprint density at radius 3 is 2.69 bits per heavy atom. The van der Waals surface area contributed by atoms with Crippen molar-refractivity contribution in [1.82, 2.24) is 9.38 Å². The molecule has 7 heteroatoms. The highest BCUT2D eigenvalue weighted by Gasteiger charge is 2.06. The van der Waals surface area contributed by atoms with Crippen LogP contribution in [0.1, 0.15) is 5.56 Å². The van der Waals surface area contributed by atoms with Crippen LogP contribution in [0.5, 0.6) is 11.5 Å². The minimum Gasteiger partial charge on any atom is -0.497 e. The van der Waals surface area contributed by atoms with Crippen molar-refractivity contribution in [2.24, 2.45) is 0 Å². The molecule has 0 atom stereocenters. The van der Waals surface area contributed by atoms with Crippen LogP contribution in [0.2, 0.25) is 0 Å². The summed E-state index contributed by atoms with van der Waals surface area (Å²) in [7, 11) is 3.18. The number of aromatic nitrogens is 2. The largest absolute Gasteiger partial charge is 0.497 e. The van der Waals surface area contributed by atoms with E-state index in [-0.39, 0.29) is 5.91 Å². The molecule has 0 saturated heterocycles. The monoisotopic (exact) mass is 405 g/mol. The summed E-state index contributed by atoms with van der Waals surface area (Å²) in [5.41, 5.74) is 3.41. The number of hydrogen-bond donors (Lipinski definition) is 1. The number of imidazole rings is 1. The van der Waals surface area contributed by atoms with E-state index in [9.17, 15) is 4.79 Å². The number of methoxy groups -OCH3 is 2. The summed E-state index contributed by atoms with van der Waals surface area (Å²) in [4.78, 5) is 17.8. The third-order valence-electron chi connectivity index (χ3n) is 4.40. The van der Waals surface area contributed by atoms with E-state index in [1.54, 1.807) is 37.7 Å². The zero-order valence-electron chi connectivity index (χ0n) is 16.0. The van der Waals surface area contributed by atoms with Crippen molar-refractivity contribution in [2.75, 3.05) is 19.5 Å². The topological polar surface area (TPSA) is 64.9 Å². The first-order valence-electron chi connectivity index (χ1n) is 8.90. The highest BCUT2D eigenvalue weighted by atomic mass is 32.1. The number of carbonyl (C=O) groups is 1. The fraction of sp³-hybridized carbons (Fsp3) is 0.0909. The second-order valence-electron chi connectivity index (χ2n) is 6.23. The van der Waals surface area contributed by atoms with Crippen molar-refractivity contribution in [1.29, 1.82) is 0 Å². The van der Waals surface area contributed by atoms with Crippen molar-refractivity contribution in [3.05, 3.63) is 71.9 Å². The maximum absolute atomic E-state index is 12.3. The van der Waals surface area contributed by atoms with Gasteiger partial charge in [-0.1, -0.05) is 12.1 Å². The van der Waals surface area contributed by atoms with Gasteiger partial charge in [-0.2, -0.15) is 0 Å². The molecule has 1 N–H and O–H groups in total. The van der Waals surface area contributed by atoms with E-state index in [0.29, 0.717) is 17.2 Å². The van der Waals surface area contributed by atoms with Gasteiger partial charge in [0.25, 0.3) is 0 Å². The molecule has 0 aliphatic heterocycles. The van der Waals surface area contributed by atoms with Gasteiger partial charge >= 0.3 is 0 Å². The number of nitrogens with one attached hydrogen (secondary N) is 1. The van der Waals surface area contributed by atoms with Crippen LogP contribution in [-0.2, 0) is 4.79 Å². The van der Waals surface area contributed by atoms with E-state index in [4.69, 9.17) is 9.47 Å². The molecule has 0 saturated carbocycles.